The molecule has 1 nitrogen and oxygen atoms in total. The Morgan fingerprint density at radius 3 is 2.17 bits per heavy atom. The van der Waals surface area contributed by atoms with Crippen LogP contribution in [0.1, 0.15) is 43.6 Å². The highest BCUT2D eigenvalue weighted by Crippen LogP contribution is 2.44. The van der Waals surface area contributed by atoms with Crippen LogP contribution in [0.2, 0.25) is 0 Å². The Hall–Kier alpha value is -0.340. The third-order valence-electron chi connectivity index (χ3n) is 4.36. The average molecular weight is 311 g/mol. The van der Waals surface area contributed by atoms with Crippen molar-refractivity contribution in [1.29, 1.82) is 0 Å². The van der Waals surface area contributed by atoms with Crippen LogP contribution in [0.3, 0.4) is 0 Å². The van der Waals surface area contributed by atoms with Crippen LogP contribution in [-0.4, -0.2) is 12.2 Å². The summed E-state index contributed by atoms with van der Waals surface area (Å²) in [6.07, 6.45) is 1.79. The van der Waals surface area contributed by atoms with Crippen molar-refractivity contribution in [2.45, 2.75) is 51.2 Å². The molecule has 0 aliphatic carbocycles. The molecule has 0 N–H and O–H groups in total. The van der Waals surface area contributed by atoms with Gasteiger partial charge in [-0.15, -0.1) is 0 Å². The number of hydrogen-bond donors (Lipinski definition) is 0. The van der Waals surface area contributed by atoms with E-state index >= 15 is 0 Å². The Bertz CT molecular complexity index is 387. The monoisotopic (exact) mass is 310 g/mol. The van der Waals surface area contributed by atoms with E-state index in [2.05, 4.69) is 67.9 Å². The molecular formula is C16H23BrO. The molecule has 1 aromatic carbocycles. The van der Waals surface area contributed by atoms with Gasteiger partial charge in [-0.3, -0.25) is 0 Å². The molecule has 1 saturated heterocycles. The molecule has 1 aliphatic heterocycles. The number of rotatable bonds is 3. The van der Waals surface area contributed by atoms with Crippen LogP contribution in [0.15, 0.2) is 24.3 Å². The van der Waals surface area contributed by atoms with Gasteiger partial charge in [-0.1, -0.05) is 54.0 Å². The van der Waals surface area contributed by atoms with Gasteiger partial charge in [0, 0.05) is 10.7 Å². The van der Waals surface area contributed by atoms with Crippen molar-refractivity contribution in [2.24, 2.45) is 11.8 Å². The SMILES string of the molecule is CCc1ccc(C(Br)C2C(C)OC(C)C2C)cc1. The molecule has 5 unspecified atom stereocenters. The van der Waals surface area contributed by atoms with Gasteiger partial charge in [0.1, 0.15) is 0 Å². The molecule has 1 heterocycles. The second-order valence-corrected chi connectivity index (χ2v) is 6.47. The summed E-state index contributed by atoms with van der Waals surface area (Å²) in [5.74, 6) is 1.14. The lowest BCUT2D eigenvalue weighted by Gasteiger charge is -2.24. The highest BCUT2D eigenvalue weighted by molar-refractivity contribution is 9.09. The number of alkyl halides is 1. The predicted molar refractivity (Wildman–Crippen MR) is 80.2 cm³/mol. The Labute approximate surface area is 119 Å². The lowest BCUT2D eigenvalue weighted by molar-refractivity contribution is 0.0511. The maximum Gasteiger partial charge on any atom is 0.0596 e. The molecule has 100 valence electrons. The molecule has 0 aromatic heterocycles. The molecule has 0 radical (unpaired) electrons. The Morgan fingerprint density at radius 1 is 1.11 bits per heavy atom. The van der Waals surface area contributed by atoms with E-state index in [9.17, 15) is 0 Å². The van der Waals surface area contributed by atoms with Crippen molar-refractivity contribution in [1.82, 2.24) is 0 Å². The van der Waals surface area contributed by atoms with Gasteiger partial charge in [0.25, 0.3) is 0 Å². The minimum absolute atomic E-state index is 0.324. The van der Waals surface area contributed by atoms with Gasteiger partial charge in [0.2, 0.25) is 0 Å². The fraction of sp³-hybridized carbons (Fsp3) is 0.625. The van der Waals surface area contributed by atoms with Gasteiger partial charge in [-0.2, -0.15) is 0 Å². The van der Waals surface area contributed by atoms with Crippen molar-refractivity contribution < 1.29 is 4.74 Å². The number of benzene rings is 1. The van der Waals surface area contributed by atoms with Crippen molar-refractivity contribution in [3.63, 3.8) is 0 Å². The zero-order valence-corrected chi connectivity index (χ0v) is 13.3. The van der Waals surface area contributed by atoms with E-state index in [1.165, 1.54) is 11.1 Å². The smallest absolute Gasteiger partial charge is 0.0596 e. The first-order valence-electron chi connectivity index (χ1n) is 6.93. The molecule has 0 amide bonds. The largest absolute Gasteiger partial charge is 0.375 e. The van der Waals surface area contributed by atoms with E-state index < -0.39 is 0 Å². The van der Waals surface area contributed by atoms with Crippen molar-refractivity contribution in [3.8, 4) is 0 Å². The zero-order valence-electron chi connectivity index (χ0n) is 11.7. The van der Waals surface area contributed by atoms with E-state index in [-0.39, 0.29) is 0 Å². The van der Waals surface area contributed by atoms with Crippen molar-refractivity contribution in [2.75, 3.05) is 0 Å². The van der Waals surface area contributed by atoms with E-state index in [0.717, 1.165) is 6.42 Å². The standard InChI is InChI=1S/C16H23BrO/c1-5-13-6-8-14(9-7-13)16(17)15-10(2)11(3)18-12(15)4/h6-12,15-16H,5H2,1-4H3. The van der Waals surface area contributed by atoms with Gasteiger partial charge < -0.3 is 4.74 Å². The number of ether oxygens (including phenoxy) is 1. The summed E-state index contributed by atoms with van der Waals surface area (Å²) in [5.41, 5.74) is 2.77. The lowest BCUT2D eigenvalue weighted by atomic mass is 9.84. The van der Waals surface area contributed by atoms with E-state index in [4.69, 9.17) is 4.74 Å². The molecule has 0 bridgehead atoms. The summed E-state index contributed by atoms with van der Waals surface area (Å²) in [6.45, 7) is 8.87. The summed E-state index contributed by atoms with van der Waals surface area (Å²) in [6, 6.07) is 8.97. The fourth-order valence-corrected chi connectivity index (χ4v) is 4.17. The first-order valence-corrected chi connectivity index (χ1v) is 7.84. The number of hydrogen-bond acceptors (Lipinski definition) is 1. The summed E-state index contributed by atoms with van der Waals surface area (Å²) in [7, 11) is 0. The van der Waals surface area contributed by atoms with Crippen LogP contribution in [0, 0.1) is 11.8 Å². The van der Waals surface area contributed by atoms with E-state index in [0.29, 0.717) is 28.9 Å². The molecular weight excluding hydrogens is 288 g/mol. The maximum absolute atomic E-state index is 5.94. The molecule has 1 aliphatic rings. The predicted octanol–water partition coefficient (Wildman–Crippen LogP) is 4.74. The quantitative estimate of drug-likeness (QED) is 0.732. The van der Waals surface area contributed by atoms with Crippen LogP contribution in [0.5, 0.6) is 0 Å². The fourth-order valence-electron chi connectivity index (χ4n) is 2.96. The lowest BCUT2D eigenvalue weighted by Crippen LogP contribution is -2.21. The molecule has 5 atom stereocenters. The number of aryl methyl sites for hydroxylation is 1. The van der Waals surface area contributed by atoms with Gasteiger partial charge >= 0.3 is 0 Å². The minimum atomic E-state index is 0.324. The molecule has 1 fully saturated rings. The third kappa shape index (κ3) is 2.65. The Balaban J connectivity index is 2.17. The molecule has 2 heteroatoms. The zero-order chi connectivity index (χ0) is 13.3. The van der Waals surface area contributed by atoms with Crippen molar-refractivity contribution in [3.05, 3.63) is 35.4 Å². The van der Waals surface area contributed by atoms with Crippen LogP contribution < -0.4 is 0 Å². The van der Waals surface area contributed by atoms with Crippen LogP contribution in [0.4, 0.5) is 0 Å². The van der Waals surface area contributed by atoms with E-state index in [1.54, 1.807) is 0 Å². The summed E-state index contributed by atoms with van der Waals surface area (Å²) in [5, 5.41) is 0. The topological polar surface area (TPSA) is 9.23 Å². The summed E-state index contributed by atoms with van der Waals surface area (Å²) >= 11 is 3.89. The Kier molecular flexibility index (Phi) is 4.50. The molecule has 0 saturated carbocycles. The summed E-state index contributed by atoms with van der Waals surface area (Å²) in [4.78, 5) is 0.387. The van der Waals surface area contributed by atoms with Crippen molar-refractivity contribution >= 4 is 15.9 Å². The van der Waals surface area contributed by atoms with Gasteiger partial charge in [-0.05, 0) is 37.3 Å². The second kappa shape index (κ2) is 5.75. The number of halogens is 1. The molecule has 1 aromatic rings. The Morgan fingerprint density at radius 2 is 1.72 bits per heavy atom. The van der Waals surface area contributed by atoms with Gasteiger partial charge in [0.15, 0.2) is 0 Å². The van der Waals surface area contributed by atoms with E-state index in [1.807, 2.05) is 0 Å². The molecule has 18 heavy (non-hydrogen) atoms. The van der Waals surface area contributed by atoms with Crippen LogP contribution in [0.25, 0.3) is 0 Å². The molecule has 2 rings (SSSR count). The van der Waals surface area contributed by atoms with Gasteiger partial charge in [0.05, 0.1) is 12.2 Å². The minimum Gasteiger partial charge on any atom is -0.375 e. The first-order chi connectivity index (χ1) is 8.54. The molecule has 0 spiro atoms. The van der Waals surface area contributed by atoms with Crippen LogP contribution >= 0.6 is 15.9 Å². The summed E-state index contributed by atoms with van der Waals surface area (Å²) < 4.78 is 5.94. The third-order valence-corrected chi connectivity index (χ3v) is 5.50. The first kappa shape index (κ1) is 14.1. The maximum atomic E-state index is 5.94. The van der Waals surface area contributed by atoms with Crippen LogP contribution in [-0.2, 0) is 11.2 Å². The normalized spacial score (nSPS) is 33.6. The average Bonchev–Trinajstić information content (AvgIpc) is 2.63. The highest BCUT2D eigenvalue weighted by Gasteiger charge is 2.41. The van der Waals surface area contributed by atoms with Gasteiger partial charge in [-0.25, -0.2) is 0 Å². The second-order valence-electron chi connectivity index (χ2n) is 5.48. The highest BCUT2D eigenvalue weighted by atomic mass is 79.9.